The summed E-state index contributed by atoms with van der Waals surface area (Å²) in [4.78, 5) is 0. The van der Waals surface area contributed by atoms with Crippen molar-refractivity contribution in [3.63, 3.8) is 0 Å². The molecule has 0 nitrogen and oxygen atoms in total. The summed E-state index contributed by atoms with van der Waals surface area (Å²) in [7, 11) is 0. The SMILES string of the molecule is CC1=Cc2c(-c3cc4ccccc4c4ccccc34)cccc2[CH]1[Zr]([CH3])([CH3])(=[SiH2])[CH]1c2cc(C(C)(C)C)ccc2-c2ccc(C(C)(C)C)cc21.Cl.Cl. The fraction of sp³-hybridized carbons (Fsp3) is 0.277. The van der Waals surface area contributed by atoms with E-state index in [1.54, 1.807) is 22.3 Å². The summed E-state index contributed by atoms with van der Waals surface area (Å²) in [5.41, 5.74) is 16.4. The molecule has 51 heavy (non-hydrogen) atoms. The van der Waals surface area contributed by atoms with Gasteiger partial charge in [0.25, 0.3) is 0 Å². The molecule has 0 saturated heterocycles. The Morgan fingerprint density at radius 1 is 0.510 bits per heavy atom. The molecule has 8 rings (SSSR count). The molecule has 0 fully saturated rings. The number of allylic oxidation sites excluding steroid dienone is 1. The van der Waals surface area contributed by atoms with Crippen LogP contribution in [-0.2, 0) is 28.2 Å². The molecule has 1 unspecified atom stereocenters. The number of benzene rings is 6. The monoisotopic (exact) mass is 804 g/mol. The minimum Gasteiger partial charge on any atom is -0.147 e. The molecule has 6 aromatic rings. The fourth-order valence-electron chi connectivity index (χ4n) is 9.71. The van der Waals surface area contributed by atoms with E-state index in [0.717, 1.165) is 0 Å². The molecule has 0 spiro atoms. The van der Waals surface area contributed by atoms with Gasteiger partial charge in [0.15, 0.2) is 0 Å². The van der Waals surface area contributed by atoms with Gasteiger partial charge in [-0.2, -0.15) is 0 Å². The third-order valence-electron chi connectivity index (χ3n) is 12.0. The first-order valence-corrected chi connectivity index (χ1v) is 31.8. The third-order valence-corrected chi connectivity index (χ3v) is 29.5. The predicted octanol–water partition coefficient (Wildman–Crippen LogP) is 13.7. The van der Waals surface area contributed by atoms with Crippen LogP contribution in [0.15, 0.2) is 115 Å². The van der Waals surface area contributed by atoms with Crippen LogP contribution in [0.2, 0.25) is 9.26 Å². The van der Waals surface area contributed by atoms with E-state index in [2.05, 4.69) is 180 Å². The normalized spacial score (nSPS) is 15.9. The first kappa shape index (κ1) is 38.0. The largest absolute Gasteiger partial charge is 0.147 e. The predicted molar refractivity (Wildman–Crippen MR) is 229 cm³/mol. The summed E-state index contributed by atoms with van der Waals surface area (Å²) in [6.45, 7) is 19.1. The molecule has 6 aromatic carbocycles. The van der Waals surface area contributed by atoms with Gasteiger partial charge in [0.2, 0.25) is 0 Å². The summed E-state index contributed by atoms with van der Waals surface area (Å²) in [6, 6.07) is 42.4. The van der Waals surface area contributed by atoms with Gasteiger partial charge in [0, 0.05) is 0 Å². The van der Waals surface area contributed by atoms with Crippen LogP contribution in [0.4, 0.5) is 0 Å². The van der Waals surface area contributed by atoms with Crippen molar-refractivity contribution >= 4 is 59.3 Å². The van der Waals surface area contributed by atoms with Gasteiger partial charge in [-0.3, -0.25) is 0 Å². The van der Waals surface area contributed by atoms with E-state index >= 15 is 0 Å². The topological polar surface area (TPSA) is 0 Å². The molecule has 0 saturated carbocycles. The van der Waals surface area contributed by atoms with E-state index < -0.39 is 17.4 Å². The van der Waals surface area contributed by atoms with Crippen LogP contribution < -0.4 is 0 Å². The number of hydrogen-bond acceptors (Lipinski definition) is 0. The number of rotatable bonds is 3. The molecule has 0 bridgehead atoms. The van der Waals surface area contributed by atoms with Crippen molar-refractivity contribution in [1.82, 2.24) is 0 Å². The Labute approximate surface area is 320 Å². The third kappa shape index (κ3) is 5.98. The molecular weight excluding hydrogens is 755 g/mol. The second-order valence-electron chi connectivity index (χ2n) is 18.3. The van der Waals surface area contributed by atoms with Crippen molar-refractivity contribution in [3.05, 3.63) is 148 Å². The molecule has 0 aliphatic heterocycles. The van der Waals surface area contributed by atoms with Crippen LogP contribution in [0.3, 0.4) is 0 Å². The molecule has 0 amide bonds. The Kier molecular flexibility index (Phi) is 9.46. The van der Waals surface area contributed by atoms with Crippen molar-refractivity contribution in [2.45, 2.75) is 75.8 Å². The van der Waals surface area contributed by atoms with Crippen LogP contribution in [0.1, 0.15) is 89.1 Å². The maximum Gasteiger partial charge on any atom is -0.147 e. The molecule has 0 N–H and O–H groups in total. The Bertz CT molecular complexity index is 2400. The number of hydrogen-bond donors (Lipinski definition) is 0. The summed E-state index contributed by atoms with van der Waals surface area (Å²) in [6.07, 6.45) is 2.57. The van der Waals surface area contributed by atoms with Gasteiger partial charge in [-0.1, -0.05) is 0 Å². The van der Waals surface area contributed by atoms with Crippen LogP contribution in [0.25, 0.3) is 49.9 Å². The van der Waals surface area contributed by atoms with Crippen molar-refractivity contribution < 1.29 is 17.4 Å². The van der Waals surface area contributed by atoms with Gasteiger partial charge in [0.1, 0.15) is 0 Å². The zero-order valence-corrected chi connectivity index (χ0v) is 37.2. The molecular formula is C47H52Cl2SiZr. The van der Waals surface area contributed by atoms with Crippen LogP contribution in [-0.4, -0.2) is 6.88 Å². The maximum atomic E-state index is 2.78. The Hall–Kier alpha value is -2.74. The number of halogens is 2. The van der Waals surface area contributed by atoms with E-state index in [-0.39, 0.29) is 35.6 Å². The van der Waals surface area contributed by atoms with Gasteiger partial charge < -0.3 is 0 Å². The summed E-state index contributed by atoms with van der Waals surface area (Å²) in [5.74, 6) is 0. The second-order valence-corrected chi connectivity index (χ2v) is 48.8. The quantitative estimate of drug-likeness (QED) is 0.123. The summed E-state index contributed by atoms with van der Waals surface area (Å²) < 4.78 is 6.47. The molecule has 4 heteroatoms. The van der Waals surface area contributed by atoms with Crippen LogP contribution in [0.5, 0.6) is 0 Å². The van der Waals surface area contributed by atoms with E-state index in [4.69, 9.17) is 0 Å². The van der Waals surface area contributed by atoms with Gasteiger partial charge >= 0.3 is 298 Å². The standard InChI is InChI=1S/C24H17.C21H25.2CH3.2ClH.H2Si.Zr/c1-16-13-17-8-6-12-22(23(17)14-16)24-15-18-7-2-3-9-19(18)20-10-4-5-11-21(20)24;1-20(2,3)16-7-9-18-14(12-16)11-15-13-17(21(4,5)6)8-10-19(15)18;;;;;;/h2-15H,1H3;7-13H,1-6H3;2*1H3;2*1H;1H2;. The van der Waals surface area contributed by atoms with Crippen molar-refractivity contribution in [3.8, 4) is 22.3 Å². The average molecular weight is 807 g/mol. The first-order valence-electron chi connectivity index (χ1n) is 18.1. The molecule has 262 valence electrons. The molecule has 0 radical (unpaired) electrons. The second kappa shape index (κ2) is 12.7. The van der Waals surface area contributed by atoms with E-state index in [0.29, 0.717) is 7.25 Å². The molecule has 2 aliphatic carbocycles. The Balaban J connectivity index is 0.00000224. The van der Waals surface area contributed by atoms with Crippen molar-refractivity contribution in [2.75, 3.05) is 0 Å². The summed E-state index contributed by atoms with van der Waals surface area (Å²) >= 11 is -3.83. The van der Waals surface area contributed by atoms with Crippen molar-refractivity contribution in [1.29, 1.82) is 0 Å². The molecule has 1 atom stereocenters. The fourth-order valence-corrected chi connectivity index (χ4v) is 29.5. The average Bonchev–Trinajstić information content (AvgIpc) is 3.58. The van der Waals surface area contributed by atoms with Crippen LogP contribution in [0, 0.1) is 0 Å². The van der Waals surface area contributed by atoms with Gasteiger partial charge in [-0.25, -0.2) is 0 Å². The molecule has 0 heterocycles. The molecule has 0 aromatic heterocycles. The van der Waals surface area contributed by atoms with Gasteiger partial charge in [-0.15, -0.1) is 24.8 Å². The van der Waals surface area contributed by atoms with E-state index in [1.807, 2.05) is 0 Å². The zero-order valence-electron chi connectivity index (χ0n) is 31.6. The van der Waals surface area contributed by atoms with E-state index in [9.17, 15) is 0 Å². The smallest absolute Gasteiger partial charge is 0.147 e. The van der Waals surface area contributed by atoms with Crippen molar-refractivity contribution in [2.24, 2.45) is 0 Å². The zero-order chi connectivity index (χ0) is 34.7. The maximum absolute atomic E-state index is 3.83. The Morgan fingerprint density at radius 3 is 1.61 bits per heavy atom. The summed E-state index contributed by atoms with van der Waals surface area (Å²) in [5, 5.41) is 5.30. The minimum atomic E-state index is -3.83. The van der Waals surface area contributed by atoms with Gasteiger partial charge in [-0.05, 0) is 0 Å². The van der Waals surface area contributed by atoms with Crippen LogP contribution >= 0.6 is 24.8 Å². The van der Waals surface area contributed by atoms with Gasteiger partial charge in [0.05, 0.1) is 0 Å². The van der Waals surface area contributed by atoms with E-state index in [1.165, 1.54) is 60.5 Å². The first-order chi connectivity index (χ1) is 23.0. The minimum absolute atomic E-state index is 0. The molecule has 2 aliphatic rings. The Morgan fingerprint density at radius 2 is 1.04 bits per heavy atom. The number of fused-ring (bicyclic) bond motifs is 7.